The predicted octanol–water partition coefficient (Wildman–Crippen LogP) is 0.543. The third kappa shape index (κ3) is 4.04. The summed E-state index contributed by atoms with van der Waals surface area (Å²) in [5, 5.41) is 10.5. The number of aryl methyl sites for hydroxylation is 1. The third-order valence-corrected chi connectivity index (χ3v) is 2.63. The molecule has 1 aromatic heterocycles. The van der Waals surface area contributed by atoms with Gasteiger partial charge in [-0.1, -0.05) is 18.6 Å². The van der Waals surface area contributed by atoms with Crippen LogP contribution in [0, 0.1) is 0 Å². The van der Waals surface area contributed by atoms with Crippen molar-refractivity contribution in [3.05, 3.63) is 11.4 Å². The summed E-state index contributed by atoms with van der Waals surface area (Å²) in [7, 11) is 1.31. The van der Waals surface area contributed by atoms with Crippen LogP contribution in [-0.4, -0.2) is 40.5 Å². The number of carbonyl (C=O) groups is 2. The molecule has 1 rings (SSSR count). The fraction of sp³-hybridized carbons (Fsp3) is 0.667. The summed E-state index contributed by atoms with van der Waals surface area (Å²) in [4.78, 5) is 23.0. The van der Waals surface area contributed by atoms with Gasteiger partial charge in [-0.2, -0.15) is 0 Å². The van der Waals surface area contributed by atoms with E-state index in [0.29, 0.717) is 25.9 Å². The van der Waals surface area contributed by atoms with Crippen molar-refractivity contribution in [1.29, 1.82) is 0 Å². The van der Waals surface area contributed by atoms with Gasteiger partial charge >= 0.3 is 5.97 Å². The maximum absolute atomic E-state index is 11.5. The first-order chi connectivity index (χ1) is 9.13. The van der Waals surface area contributed by atoms with E-state index in [9.17, 15) is 9.59 Å². The number of hydrogen-bond acceptors (Lipinski definition) is 5. The van der Waals surface area contributed by atoms with Gasteiger partial charge in [-0.15, -0.1) is 5.10 Å². The number of hydrogen-bond donors (Lipinski definition) is 1. The van der Waals surface area contributed by atoms with Crippen molar-refractivity contribution in [3.8, 4) is 0 Å². The molecule has 0 saturated carbocycles. The molecule has 0 aliphatic carbocycles. The number of amides is 1. The zero-order chi connectivity index (χ0) is 14.3. The van der Waals surface area contributed by atoms with Gasteiger partial charge in [-0.25, -0.2) is 9.48 Å². The lowest BCUT2D eigenvalue weighted by Crippen LogP contribution is -2.24. The molecule has 0 saturated heterocycles. The smallest absolute Gasteiger partial charge is 0.360 e. The fourth-order valence-electron chi connectivity index (χ4n) is 1.74. The minimum absolute atomic E-state index is 0.0416. The maximum atomic E-state index is 11.5. The molecule has 0 spiro atoms. The van der Waals surface area contributed by atoms with E-state index in [0.717, 1.165) is 12.1 Å². The van der Waals surface area contributed by atoms with Crippen LogP contribution in [0.2, 0.25) is 0 Å². The van der Waals surface area contributed by atoms with Gasteiger partial charge in [0.15, 0.2) is 5.69 Å². The van der Waals surface area contributed by atoms with Crippen molar-refractivity contribution in [3.63, 3.8) is 0 Å². The van der Waals surface area contributed by atoms with Crippen molar-refractivity contribution >= 4 is 11.9 Å². The van der Waals surface area contributed by atoms with Crippen molar-refractivity contribution < 1.29 is 14.3 Å². The van der Waals surface area contributed by atoms with Gasteiger partial charge in [-0.3, -0.25) is 4.79 Å². The second-order valence-electron chi connectivity index (χ2n) is 4.05. The summed E-state index contributed by atoms with van der Waals surface area (Å²) in [6.45, 7) is 4.88. The Hall–Kier alpha value is -1.92. The van der Waals surface area contributed by atoms with Crippen LogP contribution in [0.25, 0.3) is 0 Å². The third-order valence-electron chi connectivity index (χ3n) is 2.63. The van der Waals surface area contributed by atoms with Gasteiger partial charge in [0.1, 0.15) is 0 Å². The Kier molecular flexibility index (Phi) is 5.98. The van der Waals surface area contributed by atoms with Gasteiger partial charge < -0.3 is 10.1 Å². The van der Waals surface area contributed by atoms with Crippen molar-refractivity contribution in [2.75, 3.05) is 13.7 Å². The van der Waals surface area contributed by atoms with Crippen LogP contribution in [0.15, 0.2) is 0 Å². The molecule has 0 bridgehead atoms. The second-order valence-corrected chi connectivity index (χ2v) is 4.05. The Morgan fingerprint density at radius 2 is 2.11 bits per heavy atom. The van der Waals surface area contributed by atoms with Gasteiger partial charge in [-0.05, 0) is 13.3 Å². The lowest BCUT2D eigenvalue weighted by atomic mass is 10.2. The summed E-state index contributed by atoms with van der Waals surface area (Å²) in [5.41, 5.74) is 0.957. The Morgan fingerprint density at radius 1 is 1.37 bits per heavy atom. The average Bonchev–Trinajstić information content (AvgIpc) is 2.79. The van der Waals surface area contributed by atoms with E-state index in [1.165, 1.54) is 7.11 Å². The minimum atomic E-state index is -0.493. The van der Waals surface area contributed by atoms with Crippen molar-refractivity contribution in [2.24, 2.45) is 0 Å². The Morgan fingerprint density at radius 3 is 2.68 bits per heavy atom. The molecular formula is C12H20N4O3. The Balaban J connectivity index is 2.80. The number of nitrogens with one attached hydrogen (secondary N) is 1. The van der Waals surface area contributed by atoms with Crippen LogP contribution in [0.3, 0.4) is 0 Å². The fourth-order valence-corrected chi connectivity index (χ4v) is 1.74. The highest BCUT2D eigenvalue weighted by Gasteiger charge is 2.19. The van der Waals surface area contributed by atoms with E-state index in [-0.39, 0.29) is 11.6 Å². The first-order valence-corrected chi connectivity index (χ1v) is 6.41. The van der Waals surface area contributed by atoms with Crippen LogP contribution in [0.4, 0.5) is 0 Å². The van der Waals surface area contributed by atoms with Crippen LogP contribution >= 0.6 is 0 Å². The zero-order valence-electron chi connectivity index (χ0n) is 11.6. The van der Waals surface area contributed by atoms with Crippen molar-refractivity contribution in [2.45, 2.75) is 39.7 Å². The monoisotopic (exact) mass is 268 g/mol. The highest BCUT2D eigenvalue weighted by Crippen LogP contribution is 2.10. The zero-order valence-corrected chi connectivity index (χ0v) is 11.6. The first-order valence-electron chi connectivity index (χ1n) is 6.41. The minimum Gasteiger partial charge on any atom is -0.464 e. The highest BCUT2D eigenvalue weighted by molar-refractivity contribution is 5.88. The highest BCUT2D eigenvalue weighted by atomic mass is 16.5. The quantitative estimate of drug-likeness (QED) is 0.729. The molecule has 0 aliphatic rings. The second kappa shape index (κ2) is 7.50. The molecule has 0 fully saturated rings. The van der Waals surface area contributed by atoms with Gasteiger partial charge in [0, 0.05) is 13.0 Å². The Labute approximate surface area is 112 Å². The molecule has 1 aromatic rings. The molecule has 1 heterocycles. The molecule has 19 heavy (non-hydrogen) atoms. The standard InChI is InChI=1S/C12H20N4O3/c1-4-6-9-11(12(18)19-3)14-15-16(9)8-7-10(17)13-5-2/h4-8H2,1-3H3,(H,13,17). The van der Waals surface area contributed by atoms with Gasteiger partial charge in [0.2, 0.25) is 5.91 Å². The molecule has 1 N–H and O–H groups in total. The lowest BCUT2D eigenvalue weighted by Gasteiger charge is -2.06. The molecule has 0 atom stereocenters. The summed E-state index contributed by atoms with van der Waals surface area (Å²) >= 11 is 0. The molecule has 1 amide bonds. The molecule has 0 unspecified atom stereocenters. The molecule has 0 aliphatic heterocycles. The predicted molar refractivity (Wildman–Crippen MR) is 68.7 cm³/mol. The normalized spacial score (nSPS) is 10.3. The van der Waals surface area contributed by atoms with Gasteiger partial charge in [0.05, 0.1) is 19.3 Å². The SMILES string of the molecule is CCCc1c(C(=O)OC)nnn1CCC(=O)NCC. The van der Waals surface area contributed by atoms with E-state index in [2.05, 4.69) is 20.4 Å². The number of methoxy groups -OCH3 is 1. The number of rotatable bonds is 7. The Bertz CT molecular complexity index is 442. The summed E-state index contributed by atoms with van der Waals surface area (Å²) in [5.74, 6) is -0.534. The number of ether oxygens (including phenoxy) is 1. The lowest BCUT2D eigenvalue weighted by molar-refractivity contribution is -0.121. The van der Waals surface area contributed by atoms with Crippen LogP contribution in [0.5, 0.6) is 0 Å². The van der Waals surface area contributed by atoms with Crippen molar-refractivity contribution in [1.82, 2.24) is 20.3 Å². The molecule has 0 radical (unpaired) electrons. The maximum Gasteiger partial charge on any atom is 0.360 e. The van der Waals surface area contributed by atoms with Crippen LogP contribution in [-0.2, 0) is 22.5 Å². The van der Waals surface area contributed by atoms with Crippen LogP contribution in [0.1, 0.15) is 42.9 Å². The number of nitrogens with zero attached hydrogens (tertiary/aromatic N) is 3. The van der Waals surface area contributed by atoms with Crippen LogP contribution < -0.4 is 5.32 Å². The van der Waals surface area contributed by atoms with E-state index >= 15 is 0 Å². The summed E-state index contributed by atoms with van der Waals surface area (Å²) in [6, 6.07) is 0. The first kappa shape index (κ1) is 15.1. The number of aromatic nitrogens is 3. The average molecular weight is 268 g/mol. The van der Waals surface area contributed by atoms with E-state index in [4.69, 9.17) is 0 Å². The van der Waals surface area contributed by atoms with E-state index in [1.54, 1.807) is 4.68 Å². The summed E-state index contributed by atoms with van der Waals surface area (Å²) in [6.07, 6.45) is 1.85. The van der Waals surface area contributed by atoms with E-state index in [1.807, 2.05) is 13.8 Å². The topological polar surface area (TPSA) is 86.1 Å². The molecular weight excluding hydrogens is 248 g/mol. The molecule has 7 nitrogen and oxygen atoms in total. The molecule has 106 valence electrons. The largest absolute Gasteiger partial charge is 0.464 e. The van der Waals surface area contributed by atoms with Gasteiger partial charge in [0.25, 0.3) is 0 Å². The molecule has 0 aromatic carbocycles. The molecule has 7 heteroatoms. The van der Waals surface area contributed by atoms with E-state index < -0.39 is 5.97 Å². The number of esters is 1. The summed E-state index contributed by atoms with van der Waals surface area (Å²) < 4.78 is 6.27. The number of carbonyl (C=O) groups excluding carboxylic acids is 2.